The van der Waals surface area contributed by atoms with Gasteiger partial charge >= 0.3 is 0 Å². The summed E-state index contributed by atoms with van der Waals surface area (Å²) in [5.74, 6) is 0.356. The minimum absolute atomic E-state index is 0.0397. The molecule has 3 atom stereocenters. The molecule has 3 aromatic rings. The third-order valence-corrected chi connectivity index (χ3v) is 8.45. The molecule has 214 valence electrons. The number of benzene rings is 1. The third kappa shape index (κ3) is 6.12. The Labute approximate surface area is 242 Å². The van der Waals surface area contributed by atoms with Crippen molar-refractivity contribution >= 4 is 38.7 Å². The van der Waals surface area contributed by atoms with Crippen LogP contribution in [-0.4, -0.2) is 73.0 Å². The van der Waals surface area contributed by atoms with E-state index in [1.807, 2.05) is 13.0 Å². The van der Waals surface area contributed by atoms with Gasteiger partial charge in [-0.1, -0.05) is 25.7 Å². The first-order valence-corrected chi connectivity index (χ1v) is 15.0. The van der Waals surface area contributed by atoms with Crippen LogP contribution in [0.5, 0.6) is 0 Å². The van der Waals surface area contributed by atoms with Crippen LogP contribution in [0.15, 0.2) is 24.5 Å². The number of nitrogens with zero attached hydrogens (tertiary/aromatic N) is 5. The SMILES string of the molecule is CC(=O)c1nn2c3c(cc(-c4cnc(C)nc4)cc13)CCCCCCCCO[C@@H]1CCN(C(=O)C2)[C@@H]1[C@H](O)NBr. The van der Waals surface area contributed by atoms with Crippen LogP contribution in [-0.2, 0) is 22.5 Å². The Balaban J connectivity index is 1.59. The number of nitrogens with one attached hydrogen (secondary N) is 1. The van der Waals surface area contributed by atoms with E-state index in [-0.39, 0.29) is 24.3 Å². The zero-order chi connectivity index (χ0) is 28.2. The summed E-state index contributed by atoms with van der Waals surface area (Å²) < 4.78 is 10.6. The van der Waals surface area contributed by atoms with E-state index in [9.17, 15) is 14.7 Å². The van der Waals surface area contributed by atoms with Crippen LogP contribution in [0.25, 0.3) is 22.0 Å². The van der Waals surface area contributed by atoms with Gasteiger partial charge in [0.1, 0.15) is 24.3 Å². The van der Waals surface area contributed by atoms with Gasteiger partial charge in [-0.3, -0.25) is 14.3 Å². The van der Waals surface area contributed by atoms with Crippen molar-refractivity contribution < 1.29 is 19.4 Å². The molecule has 2 bridgehead atoms. The van der Waals surface area contributed by atoms with E-state index in [0.717, 1.165) is 72.5 Å². The van der Waals surface area contributed by atoms with Crippen molar-refractivity contribution in [3.63, 3.8) is 0 Å². The maximum Gasteiger partial charge on any atom is 0.244 e. The lowest BCUT2D eigenvalue weighted by molar-refractivity contribution is -0.137. The van der Waals surface area contributed by atoms with Gasteiger partial charge < -0.3 is 14.7 Å². The number of amides is 1. The fourth-order valence-corrected chi connectivity index (χ4v) is 6.22. The lowest BCUT2D eigenvalue weighted by Gasteiger charge is -2.31. The van der Waals surface area contributed by atoms with Crippen molar-refractivity contribution in [2.45, 2.75) is 90.1 Å². The number of fused-ring (bicyclic) bond motifs is 2. The number of ketones is 1. The minimum Gasteiger partial charge on any atom is -0.376 e. The summed E-state index contributed by atoms with van der Waals surface area (Å²) in [6.45, 7) is 4.40. The van der Waals surface area contributed by atoms with Crippen LogP contribution in [0.2, 0.25) is 0 Å². The quantitative estimate of drug-likeness (QED) is 0.256. The van der Waals surface area contributed by atoms with Crippen LogP contribution in [0, 0.1) is 6.92 Å². The highest BCUT2D eigenvalue weighted by Crippen LogP contribution is 2.32. The van der Waals surface area contributed by atoms with Gasteiger partial charge in [0.15, 0.2) is 5.78 Å². The predicted octanol–water partition coefficient (Wildman–Crippen LogP) is 4.11. The molecule has 1 saturated heterocycles. The first-order valence-electron chi connectivity index (χ1n) is 14.2. The monoisotopic (exact) mass is 612 g/mol. The Hall–Kier alpha value is -2.73. The van der Waals surface area contributed by atoms with Gasteiger partial charge in [-0.25, -0.2) is 14.3 Å². The van der Waals surface area contributed by atoms with Crippen LogP contribution < -0.4 is 4.34 Å². The summed E-state index contributed by atoms with van der Waals surface area (Å²) in [5.41, 5.74) is 3.99. The van der Waals surface area contributed by atoms with Gasteiger partial charge in [0.2, 0.25) is 5.91 Å². The standard InChI is InChI=1S/C29H37BrN6O4/c1-18(37)26-23-14-21(22-15-31-19(2)32-16-22)13-20-9-7-5-3-4-6-8-12-40-24-10-11-35(28(24)29(39)33-30)25(38)17-36(34-26)27(20)23/h13-16,24,28-29,33,39H,3-12,17H2,1-2H3/t24-,28+,29+/m1/s1. The number of rotatable bonds is 4. The highest BCUT2D eigenvalue weighted by molar-refractivity contribution is 9.08. The second-order valence-electron chi connectivity index (χ2n) is 10.8. The number of Topliss-reactive ketones (excluding diaryl/α,β-unsaturated/α-hetero) is 1. The van der Waals surface area contributed by atoms with Crippen molar-refractivity contribution in [2.24, 2.45) is 0 Å². The molecule has 2 aromatic heterocycles. The number of aromatic nitrogens is 4. The molecule has 2 aliphatic rings. The molecule has 0 aliphatic carbocycles. The van der Waals surface area contributed by atoms with Gasteiger partial charge in [0.25, 0.3) is 0 Å². The van der Waals surface area contributed by atoms with Crippen molar-refractivity contribution in [1.82, 2.24) is 29.0 Å². The van der Waals surface area contributed by atoms with Gasteiger partial charge in [-0.05, 0) is 55.9 Å². The van der Waals surface area contributed by atoms with Gasteiger partial charge in [0, 0.05) is 59.6 Å². The summed E-state index contributed by atoms with van der Waals surface area (Å²) in [5, 5.41) is 16.1. The zero-order valence-corrected chi connectivity index (χ0v) is 24.7. The van der Waals surface area contributed by atoms with E-state index in [1.165, 1.54) is 6.92 Å². The van der Waals surface area contributed by atoms with Crippen LogP contribution in [0.4, 0.5) is 0 Å². The number of carbonyl (C=O) groups excluding carboxylic acids is 2. The van der Waals surface area contributed by atoms with E-state index in [1.54, 1.807) is 22.0 Å². The molecule has 0 spiro atoms. The Kier molecular flexibility index (Phi) is 9.24. The molecule has 0 radical (unpaired) electrons. The summed E-state index contributed by atoms with van der Waals surface area (Å²) in [6.07, 6.45) is 10.2. The van der Waals surface area contributed by atoms with Gasteiger partial charge in [-0.2, -0.15) is 5.10 Å². The molecule has 0 unspecified atom stereocenters. The molecule has 1 fully saturated rings. The van der Waals surface area contributed by atoms with Crippen molar-refractivity contribution in [3.05, 3.63) is 41.6 Å². The molecule has 0 saturated carbocycles. The molecule has 2 aliphatic heterocycles. The fourth-order valence-electron chi connectivity index (χ4n) is 5.95. The zero-order valence-electron chi connectivity index (χ0n) is 23.1. The van der Waals surface area contributed by atoms with Crippen molar-refractivity contribution in [1.29, 1.82) is 0 Å². The van der Waals surface area contributed by atoms with E-state index >= 15 is 0 Å². The summed E-state index contributed by atoms with van der Waals surface area (Å²) in [7, 11) is 0. The number of aliphatic hydroxyl groups is 1. The summed E-state index contributed by atoms with van der Waals surface area (Å²) >= 11 is 3.15. The molecule has 5 rings (SSSR count). The summed E-state index contributed by atoms with van der Waals surface area (Å²) in [6, 6.07) is 3.54. The average Bonchev–Trinajstić information content (AvgIpc) is 3.53. The minimum atomic E-state index is -0.990. The van der Waals surface area contributed by atoms with E-state index in [4.69, 9.17) is 4.74 Å². The topological polar surface area (TPSA) is 122 Å². The highest BCUT2D eigenvalue weighted by Gasteiger charge is 2.42. The number of hydrogen-bond donors (Lipinski definition) is 2. The van der Waals surface area contributed by atoms with Gasteiger partial charge in [0.05, 0.1) is 17.7 Å². The molecular formula is C29H37BrN6O4. The maximum absolute atomic E-state index is 13.8. The fraction of sp³-hybridized carbons (Fsp3) is 0.552. The third-order valence-electron chi connectivity index (χ3n) is 7.98. The lowest BCUT2D eigenvalue weighted by Crippen LogP contribution is -2.52. The second-order valence-corrected chi connectivity index (χ2v) is 11.3. The van der Waals surface area contributed by atoms with Crippen LogP contribution in [0.3, 0.4) is 0 Å². The average molecular weight is 614 g/mol. The largest absolute Gasteiger partial charge is 0.376 e. The first-order chi connectivity index (χ1) is 19.4. The number of halogens is 1. The van der Waals surface area contributed by atoms with Gasteiger partial charge in [-0.15, -0.1) is 0 Å². The molecular weight excluding hydrogens is 576 g/mol. The number of ether oxygens (including phenoxy) is 1. The Morgan fingerprint density at radius 3 is 2.58 bits per heavy atom. The molecule has 40 heavy (non-hydrogen) atoms. The molecule has 10 nitrogen and oxygen atoms in total. The molecule has 1 aromatic carbocycles. The molecule has 2 N–H and O–H groups in total. The van der Waals surface area contributed by atoms with E-state index < -0.39 is 12.3 Å². The lowest BCUT2D eigenvalue weighted by atomic mass is 9.96. The Morgan fingerprint density at radius 1 is 1.12 bits per heavy atom. The number of hydrogen-bond acceptors (Lipinski definition) is 8. The van der Waals surface area contributed by atoms with E-state index in [2.05, 4.69) is 41.6 Å². The number of aliphatic hydroxyl groups excluding tert-OH is 1. The summed E-state index contributed by atoms with van der Waals surface area (Å²) in [4.78, 5) is 36.9. The predicted molar refractivity (Wildman–Crippen MR) is 155 cm³/mol. The Morgan fingerprint density at radius 2 is 1.85 bits per heavy atom. The van der Waals surface area contributed by atoms with Crippen molar-refractivity contribution in [2.75, 3.05) is 13.2 Å². The molecule has 1 amide bonds. The molecule has 11 heteroatoms. The van der Waals surface area contributed by atoms with Crippen LogP contribution >= 0.6 is 16.1 Å². The maximum atomic E-state index is 13.8. The first kappa shape index (κ1) is 28.8. The number of aryl methyl sites for hydroxylation is 2. The van der Waals surface area contributed by atoms with Crippen LogP contribution in [0.1, 0.15) is 73.7 Å². The second kappa shape index (κ2) is 12.8. The molecule has 4 heterocycles. The smallest absolute Gasteiger partial charge is 0.244 e. The van der Waals surface area contributed by atoms with Crippen molar-refractivity contribution in [3.8, 4) is 11.1 Å². The Bertz CT molecular complexity index is 1360. The normalized spacial score (nSPS) is 21.9. The van der Waals surface area contributed by atoms with E-state index in [0.29, 0.717) is 31.1 Å². The number of carbonyl (C=O) groups is 2. The highest BCUT2D eigenvalue weighted by atomic mass is 79.9.